The maximum atomic E-state index is 11.8. The summed E-state index contributed by atoms with van der Waals surface area (Å²) < 4.78 is 5.19. The summed E-state index contributed by atoms with van der Waals surface area (Å²) in [5.74, 6) is 2.10. The second-order valence-corrected chi connectivity index (χ2v) is 6.52. The van der Waals surface area contributed by atoms with Gasteiger partial charge in [-0.2, -0.15) is 0 Å². The maximum absolute atomic E-state index is 11.8. The van der Waals surface area contributed by atoms with Gasteiger partial charge in [0.2, 0.25) is 5.91 Å². The molecule has 0 aliphatic carbocycles. The monoisotopic (exact) mass is 362 g/mol. The Kier molecular flexibility index (Phi) is 10.2. The quantitative estimate of drug-likeness (QED) is 0.442. The molecule has 3 N–H and O–H groups in total. The first-order chi connectivity index (χ1) is 12.5. The summed E-state index contributed by atoms with van der Waals surface area (Å²) in [6.45, 7) is 7.65. The second kappa shape index (κ2) is 12.2. The summed E-state index contributed by atoms with van der Waals surface area (Å²) in [6.07, 6.45) is 2.36. The third kappa shape index (κ3) is 8.23. The number of carbonyl (C=O) groups is 1. The molecule has 0 spiro atoms. The van der Waals surface area contributed by atoms with Crippen molar-refractivity contribution in [2.75, 3.05) is 27.2 Å². The number of aliphatic imine (C=N–C) groups is 1. The van der Waals surface area contributed by atoms with Gasteiger partial charge in [0.25, 0.3) is 0 Å². The van der Waals surface area contributed by atoms with E-state index in [0.29, 0.717) is 18.9 Å². The van der Waals surface area contributed by atoms with Crippen LogP contribution in [0, 0.1) is 0 Å². The molecule has 0 saturated heterocycles. The minimum absolute atomic E-state index is 0.0652. The molecule has 0 heterocycles. The Morgan fingerprint density at radius 1 is 1.15 bits per heavy atom. The first-order valence-corrected chi connectivity index (χ1v) is 9.37. The molecule has 0 fully saturated rings. The fraction of sp³-hybridized carbons (Fsp3) is 0.600. The third-order valence-electron chi connectivity index (χ3n) is 4.44. The van der Waals surface area contributed by atoms with Crippen molar-refractivity contribution in [3.8, 4) is 5.75 Å². The molecule has 26 heavy (non-hydrogen) atoms. The Labute approximate surface area is 157 Å². The first-order valence-electron chi connectivity index (χ1n) is 9.37. The first kappa shape index (κ1) is 21.8. The van der Waals surface area contributed by atoms with Gasteiger partial charge in [-0.1, -0.05) is 26.0 Å². The van der Waals surface area contributed by atoms with Gasteiger partial charge in [0.1, 0.15) is 5.75 Å². The van der Waals surface area contributed by atoms with Crippen LogP contribution in [0.1, 0.15) is 51.5 Å². The van der Waals surface area contributed by atoms with Crippen LogP contribution in [0.15, 0.2) is 29.3 Å². The molecule has 1 aromatic carbocycles. The van der Waals surface area contributed by atoms with E-state index in [0.717, 1.165) is 31.1 Å². The Hall–Kier alpha value is -2.24. The van der Waals surface area contributed by atoms with Crippen LogP contribution >= 0.6 is 0 Å². The van der Waals surface area contributed by atoms with Gasteiger partial charge in [-0.05, 0) is 43.4 Å². The van der Waals surface area contributed by atoms with Crippen molar-refractivity contribution in [2.45, 2.75) is 52.0 Å². The summed E-state index contributed by atoms with van der Waals surface area (Å²) >= 11 is 0. The topological polar surface area (TPSA) is 74.8 Å². The maximum Gasteiger partial charge on any atom is 0.221 e. The zero-order valence-electron chi connectivity index (χ0n) is 16.8. The lowest BCUT2D eigenvalue weighted by Crippen LogP contribution is -2.40. The number of hydrogen-bond acceptors (Lipinski definition) is 3. The van der Waals surface area contributed by atoms with Gasteiger partial charge in [0.15, 0.2) is 5.96 Å². The highest BCUT2D eigenvalue weighted by molar-refractivity contribution is 5.81. The number of amides is 1. The van der Waals surface area contributed by atoms with Crippen LogP contribution < -0.4 is 20.7 Å². The van der Waals surface area contributed by atoms with E-state index in [1.54, 1.807) is 14.2 Å². The highest BCUT2D eigenvalue weighted by Crippen LogP contribution is 2.21. The number of rotatable bonds is 10. The Morgan fingerprint density at radius 2 is 1.81 bits per heavy atom. The average molecular weight is 363 g/mol. The summed E-state index contributed by atoms with van der Waals surface area (Å²) in [6, 6.07) is 8.41. The van der Waals surface area contributed by atoms with Crippen molar-refractivity contribution in [1.82, 2.24) is 16.0 Å². The van der Waals surface area contributed by atoms with E-state index >= 15 is 0 Å². The van der Waals surface area contributed by atoms with E-state index in [9.17, 15) is 4.79 Å². The van der Waals surface area contributed by atoms with Gasteiger partial charge in [0, 0.05) is 32.6 Å². The van der Waals surface area contributed by atoms with Crippen LogP contribution in [0.4, 0.5) is 0 Å². The Bertz CT molecular complexity index is 557. The molecule has 0 radical (unpaired) electrons. The Morgan fingerprint density at radius 3 is 2.38 bits per heavy atom. The summed E-state index contributed by atoms with van der Waals surface area (Å²) in [5, 5.41) is 9.44. The number of carbonyl (C=O) groups excluding carboxylic acids is 1. The minimum atomic E-state index is 0.0652. The average Bonchev–Trinajstić information content (AvgIpc) is 2.66. The molecule has 0 bridgehead atoms. The van der Waals surface area contributed by atoms with E-state index in [1.807, 2.05) is 19.1 Å². The van der Waals surface area contributed by atoms with E-state index < -0.39 is 0 Å². The normalized spacial score (nSPS) is 13.7. The van der Waals surface area contributed by atoms with Crippen LogP contribution in [-0.4, -0.2) is 45.2 Å². The number of methoxy groups -OCH3 is 1. The standard InChI is InChI=1S/C20H34N4O2/c1-6-16(3)24-19(25)12-14-23-20(21-4)22-13-11-15(2)17-7-9-18(26-5)10-8-17/h7-10,15-16H,6,11-14H2,1-5H3,(H,24,25)(H2,21,22,23). The molecule has 2 unspecified atom stereocenters. The fourth-order valence-corrected chi connectivity index (χ4v) is 2.47. The number of ether oxygens (including phenoxy) is 1. The molecule has 2 atom stereocenters. The molecule has 0 saturated carbocycles. The zero-order chi connectivity index (χ0) is 19.4. The van der Waals surface area contributed by atoms with Crippen molar-refractivity contribution in [2.24, 2.45) is 4.99 Å². The molecule has 0 aliphatic heterocycles. The van der Waals surface area contributed by atoms with Crippen LogP contribution in [0.2, 0.25) is 0 Å². The van der Waals surface area contributed by atoms with Gasteiger partial charge < -0.3 is 20.7 Å². The van der Waals surface area contributed by atoms with Crippen molar-refractivity contribution in [3.05, 3.63) is 29.8 Å². The van der Waals surface area contributed by atoms with Gasteiger partial charge in [0.05, 0.1) is 7.11 Å². The van der Waals surface area contributed by atoms with Gasteiger partial charge in [-0.3, -0.25) is 9.79 Å². The molecular formula is C20H34N4O2. The lowest BCUT2D eigenvalue weighted by atomic mass is 9.98. The van der Waals surface area contributed by atoms with E-state index in [4.69, 9.17) is 4.74 Å². The van der Waals surface area contributed by atoms with Gasteiger partial charge >= 0.3 is 0 Å². The highest BCUT2D eigenvalue weighted by atomic mass is 16.5. The molecule has 0 aromatic heterocycles. The van der Waals surface area contributed by atoms with Crippen molar-refractivity contribution >= 4 is 11.9 Å². The summed E-state index contributed by atoms with van der Waals surface area (Å²) in [7, 11) is 3.41. The van der Waals surface area contributed by atoms with Crippen molar-refractivity contribution in [1.29, 1.82) is 0 Å². The highest BCUT2D eigenvalue weighted by Gasteiger charge is 2.08. The third-order valence-corrected chi connectivity index (χ3v) is 4.44. The molecule has 6 nitrogen and oxygen atoms in total. The van der Waals surface area contributed by atoms with Gasteiger partial charge in [-0.15, -0.1) is 0 Å². The molecule has 0 aliphatic rings. The molecular weight excluding hydrogens is 328 g/mol. The number of benzene rings is 1. The number of guanidine groups is 1. The minimum Gasteiger partial charge on any atom is -0.497 e. The lowest BCUT2D eigenvalue weighted by molar-refractivity contribution is -0.121. The van der Waals surface area contributed by atoms with Crippen molar-refractivity contribution < 1.29 is 9.53 Å². The molecule has 1 rings (SSSR count). The van der Waals surface area contributed by atoms with Crippen LogP contribution in [0.25, 0.3) is 0 Å². The smallest absolute Gasteiger partial charge is 0.221 e. The number of hydrogen-bond donors (Lipinski definition) is 3. The van der Waals surface area contributed by atoms with Crippen LogP contribution in [0.5, 0.6) is 5.75 Å². The lowest BCUT2D eigenvalue weighted by Gasteiger charge is -2.16. The molecule has 1 amide bonds. The fourth-order valence-electron chi connectivity index (χ4n) is 2.47. The predicted octanol–water partition coefficient (Wildman–Crippen LogP) is 2.66. The van der Waals surface area contributed by atoms with E-state index in [1.165, 1.54) is 5.56 Å². The zero-order valence-corrected chi connectivity index (χ0v) is 16.8. The van der Waals surface area contributed by atoms with Gasteiger partial charge in [-0.25, -0.2) is 0 Å². The van der Waals surface area contributed by atoms with E-state index in [-0.39, 0.29) is 11.9 Å². The van der Waals surface area contributed by atoms with Crippen LogP contribution in [0.3, 0.4) is 0 Å². The Balaban J connectivity index is 2.27. The number of nitrogens with one attached hydrogen (secondary N) is 3. The van der Waals surface area contributed by atoms with Crippen LogP contribution in [-0.2, 0) is 4.79 Å². The SMILES string of the molecule is CCC(C)NC(=O)CCNC(=NC)NCCC(C)c1ccc(OC)cc1. The summed E-state index contributed by atoms with van der Waals surface area (Å²) in [4.78, 5) is 16.0. The summed E-state index contributed by atoms with van der Waals surface area (Å²) in [5.41, 5.74) is 1.29. The molecule has 1 aromatic rings. The molecule has 6 heteroatoms. The van der Waals surface area contributed by atoms with Crippen molar-refractivity contribution in [3.63, 3.8) is 0 Å². The molecule has 146 valence electrons. The number of nitrogens with zero attached hydrogens (tertiary/aromatic N) is 1. The largest absolute Gasteiger partial charge is 0.497 e. The predicted molar refractivity (Wildman–Crippen MR) is 108 cm³/mol. The van der Waals surface area contributed by atoms with E-state index in [2.05, 4.69) is 46.9 Å². The second-order valence-electron chi connectivity index (χ2n) is 6.52.